The molecule has 0 aliphatic rings. The Morgan fingerprint density at radius 3 is 2.89 bits per heavy atom. The minimum Gasteiger partial charge on any atom is -0.496 e. The van der Waals surface area contributed by atoms with Gasteiger partial charge in [-0.05, 0) is 25.1 Å². The fraction of sp³-hybridized carbons (Fsp3) is 0.167. The lowest BCUT2D eigenvalue weighted by molar-refractivity contribution is 0.102. The fourth-order valence-electron chi connectivity index (χ4n) is 1.43. The van der Waals surface area contributed by atoms with E-state index in [4.69, 9.17) is 4.74 Å². The number of hydrogen-bond acceptors (Lipinski definition) is 4. The maximum absolute atomic E-state index is 13.1. The van der Waals surface area contributed by atoms with Crippen molar-refractivity contribution in [3.05, 3.63) is 40.7 Å². The van der Waals surface area contributed by atoms with Gasteiger partial charge in [0, 0.05) is 11.1 Å². The number of halogens is 1. The molecule has 18 heavy (non-hydrogen) atoms. The van der Waals surface area contributed by atoms with Gasteiger partial charge in [0.05, 0.1) is 12.7 Å². The quantitative estimate of drug-likeness (QED) is 0.929. The lowest BCUT2D eigenvalue weighted by atomic mass is 10.2. The number of ether oxygens (including phenoxy) is 1. The van der Waals surface area contributed by atoms with Gasteiger partial charge in [-0.1, -0.05) is 0 Å². The summed E-state index contributed by atoms with van der Waals surface area (Å²) < 4.78 is 18.2. The van der Waals surface area contributed by atoms with Gasteiger partial charge in [-0.25, -0.2) is 9.37 Å². The smallest absolute Gasteiger partial charge is 0.261 e. The third kappa shape index (κ3) is 2.65. The van der Waals surface area contributed by atoms with Gasteiger partial charge in [-0.15, -0.1) is 11.3 Å². The molecule has 0 unspecified atom stereocenters. The van der Waals surface area contributed by atoms with Crippen molar-refractivity contribution in [1.29, 1.82) is 0 Å². The van der Waals surface area contributed by atoms with Crippen LogP contribution >= 0.6 is 11.3 Å². The highest BCUT2D eigenvalue weighted by Crippen LogP contribution is 2.22. The highest BCUT2D eigenvalue weighted by Gasteiger charge is 2.14. The first-order valence-electron chi connectivity index (χ1n) is 5.17. The number of carbonyl (C=O) groups excluding carboxylic acids is 1. The van der Waals surface area contributed by atoms with Crippen molar-refractivity contribution in [2.75, 3.05) is 12.4 Å². The molecule has 0 fully saturated rings. The van der Waals surface area contributed by atoms with Crippen molar-refractivity contribution < 1.29 is 13.9 Å². The second-order valence-corrected chi connectivity index (χ2v) is 4.81. The van der Waals surface area contributed by atoms with E-state index in [9.17, 15) is 9.18 Å². The molecule has 1 amide bonds. The maximum atomic E-state index is 13.1. The summed E-state index contributed by atoms with van der Waals surface area (Å²) in [6, 6.07) is 3.79. The van der Waals surface area contributed by atoms with Gasteiger partial charge < -0.3 is 4.74 Å². The number of methoxy groups -OCH3 is 1. The van der Waals surface area contributed by atoms with E-state index in [2.05, 4.69) is 10.3 Å². The molecule has 0 saturated carbocycles. The summed E-state index contributed by atoms with van der Waals surface area (Å²) in [5, 5.41) is 3.08. The Kier molecular flexibility index (Phi) is 3.57. The molecule has 6 heteroatoms. The molecular formula is C12H11FN2O2S. The lowest BCUT2D eigenvalue weighted by Gasteiger charge is -2.07. The molecule has 4 nitrogen and oxygen atoms in total. The van der Waals surface area contributed by atoms with E-state index in [0.717, 1.165) is 10.9 Å². The van der Waals surface area contributed by atoms with Crippen molar-refractivity contribution in [3.8, 4) is 5.75 Å². The topological polar surface area (TPSA) is 51.2 Å². The predicted octanol–water partition coefficient (Wildman–Crippen LogP) is 2.85. The minimum atomic E-state index is -0.490. The number of benzene rings is 1. The van der Waals surface area contributed by atoms with Crippen molar-refractivity contribution in [3.63, 3.8) is 0 Å². The predicted molar refractivity (Wildman–Crippen MR) is 67.8 cm³/mol. The molecule has 2 rings (SSSR count). The first kappa shape index (κ1) is 12.5. The summed E-state index contributed by atoms with van der Waals surface area (Å²) in [7, 11) is 1.43. The van der Waals surface area contributed by atoms with E-state index < -0.39 is 11.7 Å². The molecule has 0 radical (unpaired) electrons. The largest absolute Gasteiger partial charge is 0.496 e. The van der Waals surface area contributed by atoms with Crippen LogP contribution in [-0.4, -0.2) is 18.0 Å². The summed E-state index contributed by atoms with van der Waals surface area (Å²) in [4.78, 5) is 17.0. The van der Waals surface area contributed by atoms with Crippen LogP contribution in [0.1, 0.15) is 15.2 Å². The van der Waals surface area contributed by atoms with Crippen molar-refractivity contribution >= 4 is 22.4 Å². The summed E-state index contributed by atoms with van der Waals surface area (Å²) in [5.41, 5.74) is 0.144. The number of rotatable bonds is 3. The Hall–Kier alpha value is -1.95. The minimum absolute atomic E-state index is 0.144. The average molecular weight is 266 g/mol. The standard InChI is InChI=1S/C12H11FN2O2S/c1-7-6-14-12(18-7)15-11(16)9-5-8(13)3-4-10(9)17-2/h3-6H,1-2H3,(H,14,15,16). The van der Waals surface area contributed by atoms with Crippen LogP contribution in [0.4, 0.5) is 9.52 Å². The van der Waals surface area contributed by atoms with Crippen LogP contribution in [0.5, 0.6) is 5.75 Å². The molecule has 0 bridgehead atoms. The molecule has 0 saturated heterocycles. The summed E-state index contributed by atoms with van der Waals surface area (Å²) in [5.74, 6) is -0.612. The fourth-order valence-corrected chi connectivity index (χ4v) is 2.09. The lowest BCUT2D eigenvalue weighted by Crippen LogP contribution is -2.13. The van der Waals surface area contributed by atoms with Crippen LogP contribution in [0.15, 0.2) is 24.4 Å². The first-order chi connectivity index (χ1) is 8.60. The van der Waals surface area contributed by atoms with E-state index in [1.165, 1.54) is 30.6 Å². The number of anilines is 1. The van der Waals surface area contributed by atoms with Crippen LogP contribution < -0.4 is 10.1 Å². The summed E-state index contributed by atoms with van der Waals surface area (Å²) in [6.45, 7) is 1.89. The molecule has 1 heterocycles. The Morgan fingerprint density at radius 1 is 1.50 bits per heavy atom. The monoisotopic (exact) mass is 266 g/mol. The van der Waals surface area contributed by atoms with E-state index in [1.54, 1.807) is 6.20 Å². The second kappa shape index (κ2) is 5.14. The average Bonchev–Trinajstić information content (AvgIpc) is 2.74. The van der Waals surface area contributed by atoms with E-state index in [1.807, 2.05) is 6.92 Å². The first-order valence-corrected chi connectivity index (χ1v) is 5.99. The molecule has 1 N–H and O–H groups in total. The van der Waals surface area contributed by atoms with Crippen LogP contribution in [0, 0.1) is 12.7 Å². The van der Waals surface area contributed by atoms with E-state index in [-0.39, 0.29) is 5.56 Å². The molecule has 0 atom stereocenters. The number of hydrogen-bond donors (Lipinski definition) is 1. The second-order valence-electron chi connectivity index (χ2n) is 3.57. The molecule has 2 aromatic rings. The van der Waals surface area contributed by atoms with Crippen LogP contribution in [0.25, 0.3) is 0 Å². The van der Waals surface area contributed by atoms with E-state index >= 15 is 0 Å². The maximum Gasteiger partial charge on any atom is 0.261 e. The Balaban J connectivity index is 2.25. The molecule has 0 aliphatic carbocycles. The van der Waals surface area contributed by atoms with Crippen LogP contribution in [-0.2, 0) is 0 Å². The van der Waals surface area contributed by atoms with Crippen LogP contribution in [0.2, 0.25) is 0 Å². The van der Waals surface area contributed by atoms with Crippen molar-refractivity contribution in [2.24, 2.45) is 0 Å². The number of thiazole rings is 1. The molecule has 94 valence electrons. The van der Waals surface area contributed by atoms with Gasteiger partial charge in [0.25, 0.3) is 5.91 Å². The number of amides is 1. The molecule has 0 spiro atoms. The van der Waals surface area contributed by atoms with Gasteiger partial charge in [-0.3, -0.25) is 10.1 Å². The van der Waals surface area contributed by atoms with Gasteiger partial charge in [0.15, 0.2) is 5.13 Å². The normalized spacial score (nSPS) is 10.2. The summed E-state index contributed by atoms with van der Waals surface area (Å²) >= 11 is 1.35. The van der Waals surface area contributed by atoms with Gasteiger partial charge in [-0.2, -0.15) is 0 Å². The number of carbonyl (C=O) groups is 1. The molecular weight excluding hydrogens is 255 g/mol. The Bertz CT molecular complexity index is 583. The zero-order valence-corrected chi connectivity index (χ0v) is 10.7. The molecule has 0 aliphatic heterocycles. The van der Waals surface area contributed by atoms with Crippen LogP contribution in [0.3, 0.4) is 0 Å². The van der Waals surface area contributed by atoms with Crippen molar-refractivity contribution in [1.82, 2.24) is 4.98 Å². The van der Waals surface area contributed by atoms with Gasteiger partial charge in [0.1, 0.15) is 11.6 Å². The van der Waals surface area contributed by atoms with Gasteiger partial charge >= 0.3 is 0 Å². The highest BCUT2D eigenvalue weighted by atomic mass is 32.1. The highest BCUT2D eigenvalue weighted by molar-refractivity contribution is 7.15. The third-order valence-electron chi connectivity index (χ3n) is 2.25. The molecule has 1 aromatic carbocycles. The Labute approximate surface area is 107 Å². The number of aryl methyl sites for hydroxylation is 1. The molecule has 1 aromatic heterocycles. The number of aromatic nitrogens is 1. The van der Waals surface area contributed by atoms with Crippen molar-refractivity contribution in [2.45, 2.75) is 6.92 Å². The van der Waals surface area contributed by atoms with Gasteiger partial charge in [0.2, 0.25) is 0 Å². The summed E-state index contributed by atoms with van der Waals surface area (Å²) in [6.07, 6.45) is 1.66. The zero-order chi connectivity index (χ0) is 13.1. The third-order valence-corrected chi connectivity index (χ3v) is 3.08. The number of nitrogens with one attached hydrogen (secondary N) is 1. The Morgan fingerprint density at radius 2 is 2.28 bits per heavy atom. The SMILES string of the molecule is COc1ccc(F)cc1C(=O)Nc1ncc(C)s1. The number of nitrogens with zero attached hydrogens (tertiary/aromatic N) is 1. The zero-order valence-electron chi connectivity index (χ0n) is 9.86. The van der Waals surface area contributed by atoms with E-state index in [0.29, 0.717) is 10.9 Å².